The van der Waals surface area contributed by atoms with Crippen LogP contribution in [0.4, 0.5) is 4.39 Å². The van der Waals surface area contributed by atoms with Gasteiger partial charge in [0, 0.05) is 10.6 Å². The quantitative estimate of drug-likeness (QED) is 0.587. The van der Waals surface area contributed by atoms with Gasteiger partial charge in [0.2, 0.25) is 0 Å². The van der Waals surface area contributed by atoms with Gasteiger partial charge in [-0.2, -0.15) is 10.1 Å². The van der Waals surface area contributed by atoms with E-state index in [0.29, 0.717) is 32.8 Å². The van der Waals surface area contributed by atoms with Crippen LogP contribution in [0.2, 0.25) is 5.02 Å². The molecule has 0 atom stereocenters. The van der Waals surface area contributed by atoms with E-state index < -0.39 is 5.56 Å². The topological polar surface area (TPSA) is 63.0 Å². The number of benzene rings is 2. The number of aromatic nitrogens is 4. The van der Waals surface area contributed by atoms with Crippen molar-refractivity contribution in [3.05, 3.63) is 63.7 Å². The van der Waals surface area contributed by atoms with Crippen LogP contribution in [-0.2, 0) is 0 Å². The Bertz CT molecular complexity index is 1090. The van der Waals surface area contributed by atoms with Gasteiger partial charge >= 0.3 is 0 Å². The van der Waals surface area contributed by atoms with Crippen molar-refractivity contribution < 1.29 is 4.39 Å². The van der Waals surface area contributed by atoms with Crippen molar-refractivity contribution in [3.8, 4) is 11.3 Å². The summed E-state index contributed by atoms with van der Waals surface area (Å²) in [5, 5.41) is 7.80. The second-order valence-electron chi connectivity index (χ2n) is 4.81. The number of aromatic amines is 1. The lowest BCUT2D eigenvalue weighted by Crippen LogP contribution is -2.10. The summed E-state index contributed by atoms with van der Waals surface area (Å²) < 4.78 is 15.0. The molecule has 0 saturated carbocycles. The Hall–Kier alpha value is -2.73. The molecule has 0 spiro atoms. The summed E-state index contributed by atoms with van der Waals surface area (Å²) in [5.74, 6) is -0.381. The highest BCUT2D eigenvalue weighted by molar-refractivity contribution is 6.31. The van der Waals surface area contributed by atoms with Crippen molar-refractivity contribution in [2.75, 3.05) is 0 Å². The van der Waals surface area contributed by atoms with E-state index in [1.165, 1.54) is 12.1 Å². The van der Waals surface area contributed by atoms with E-state index in [-0.39, 0.29) is 5.82 Å². The molecule has 0 aliphatic rings. The molecule has 108 valence electrons. The molecule has 0 bridgehead atoms. The molecule has 1 N–H and O–H groups in total. The fourth-order valence-corrected chi connectivity index (χ4v) is 2.61. The minimum atomic E-state index is -0.406. The Morgan fingerprint density at radius 1 is 1.18 bits per heavy atom. The number of halogens is 2. The Morgan fingerprint density at radius 2 is 2.05 bits per heavy atom. The molecule has 22 heavy (non-hydrogen) atoms. The lowest BCUT2D eigenvalue weighted by Gasteiger charge is -2.01. The minimum Gasteiger partial charge on any atom is -0.267 e. The molecule has 0 saturated heterocycles. The fraction of sp³-hybridized carbons (Fsp3) is 0. The van der Waals surface area contributed by atoms with Crippen LogP contribution in [-0.4, -0.2) is 19.8 Å². The van der Waals surface area contributed by atoms with Crippen molar-refractivity contribution in [2.45, 2.75) is 0 Å². The third kappa shape index (κ3) is 1.88. The van der Waals surface area contributed by atoms with E-state index in [2.05, 4.69) is 15.3 Å². The highest BCUT2D eigenvalue weighted by Crippen LogP contribution is 2.23. The molecule has 0 unspecified atom stereocenters. The van der Waals surface area contributed by atoms with Crippen molar-refractivity contribution in [3.63, 3.8) is 0 Å². The first-order chi connectivity index (χ1) is 10.6. The van der Waals surface area contributed by atoms with Crippen LogP contribution in [0.25, 0.3) is 27.8 Å². The van der Waals surface area contributed by atoms with Crippen molar-refractivity contribution in [1.29, 1.82) is 0 Å². The first-order valence-corrected chi connectivity index (χ1v) is 6.83. The van der Waals surface area contributed by atoms with Gasteiger partial charge < -0.3 is 0 Å². The second kappa shape index (κ2) is 4.64. The number of nitrogens with one attached hydrogen (secondary N) is 1. The van der Waals surface area contributed by atoms with E-state index in [1.54, 1.807) is 34.8 Å². The zero-order valence-corrected chi connectivity index (χ0v) is 11.8. The van der Waals surface area contributed by atoms with E-state index >= 15 is 0 Å². The summed E-state index contributed by atoms with van der Waals surface area (Å²) in [5.41, 5.74) is 1.49. The van der Waals surface area contributed by atoms with E-state index in [9.17, 15) is 9.18 Å². The molecule has 0 aliphatic carbocycles. The Kier molecular flexibility index (Phi) is 2.74. The molecule has 2 aromatic heterocycles. The molecule has 4 rings (SSSR count). The van der Waals surface area contributed by atoms with Crippen LogP contribution in [0, 0.1) is 5.82 Å². The highest BCUT2D eigenvalue weighted by Gasteiger charge is 2.14. The predicted molar refractivity (Wildman–Crippen MR) is 81.5 cm³/mol. The van der Waals surface area contributed by atoms with E-state index in [0.717, 1.165) is 0 Å². The zero-order valence-electron chi connectivity index (χ0n) is 11.0. The van der Waals surface area contributed by atoms with Crippen molar-refractivity contribution >= 4 is 28.2 Å². The first-order valence-electron chi connectivity index (χ1n) is 6.46. The van der Waals surface area contributed by atoms with Crippen molar-refractivity contribution in [1.82, 2.24) is 19.8 Å². The maximum absolute atomic E-state index is 13.4. The number of hydrogen-bond donors (Lipinski definition) is 1. The maximum atomic E-state index is 13.4. The lowest BCUT2D eigenvalue weighted by atomic mass is 10.1. The van der Waals surface area contributed by atoms with Gasteiger partial charge in [0.25, 0.3) is 5.56 Å². The van der Waals surface area contributed by atoms with Crippen LogP contribution in [0.1, 0.15) is 0 Å². The van der Waals surface area contributed by atoms with Gasteiger partial charge in [-0.25, -0.2) is 14.1 Å². The van der Waals surface area contributed by atoms with Gasteiger partial charge in [-0.3, -0.25) is 4.79 Å². The molecule has 0 radical (unpaired) electrons. The summed E-state index contributed by atoms with van der Waals surface area (Å²) in [4.78, 5) is 16.2. The average molecular weight is 315 g/mol. The van der Waals surface area contributed by atoms with Gasteiger partial charge in [0.05, 0.1) is 10.9 Å². The maximum Gasteiger partial charge on any atom is 0.281 e. The average Bonchev–Trinajstić information content (AvgIpc) is 2.91. The van der Waals surface area contributed by atoms with Gasteiger partial charge in [-0.05, 0) is 30.3 Å². The summed E-state index contributed by atoms with van der Waals surface area (Å²) in [7, 11) is 0. The summed E-state index contributed by atoms with van der Waals surface area (Å²) in [6.07, 6.45) is 0. The monoisotopic (exact) mass is 314 g/mol. The normalized spacial score (nSPS) is 11.4. The summed E-state index contributed by atoms with van der Waals surface area (Å²) >= 11 is 5.92. The van der Waals surface area contributed by atoms with Gasteiger partial charge in [-0.15, -0.1) is 0 Å². The van der Waals surface area contributed by atoms with E-state index in [4.69, 9.17) is 11.6 Å². The number of fused-ring (bicyclic) bond motifs is 3. The largest absolute Gasteiger partial charge is 0.281 e. The highest BCUT2D eigenvalue weighted by atomic mass is 35.5. The number of H-pyrrole nitrogens is 1. The van der Waals surface area contributed by atoms with E-state index in [1.807, 2.05) is 0 Å². The Morgan fingerprint density at radius 3 is 2.86 bits per heavy atom. The molecule has 0 aliphatic heterocycles. The van der Waals surface area contributed by atoms with Crippen LogP contribution in [0.15, 0.2) is 47.3 Å². The molecule has 0 fully saturated rings. The lowest BCUT2D eigenvalue weighted by molar-refractivity contribution is 0.628. The zero-order chi connectivity index (χ0) is 15.3. The van der Waals surface area contributed by atoms with Gasteiger partial charge in [-0.1, -0.05) is 23.7 Å². The SMILES string of the molecule is O=c1nc2c(-c3cccc(F)c3)n[nH]n2c2ccc(Cl)cc12. The molecular formula is C15H8ClFN4O. The minimum absolute atomic E-state index is 0.338. The van der Waals surface area contributed by atoms with Crippen LogP contribution >= 0.6 is 11.6 Å². The number of hydrogen-bond acceptors (Lipinski definition) is 3. The molecule has 5 nitrogen and oxygen atoms in total. The summed E-state index contributed by atoms with van der Waals surface area (Å²) in [6.45, 7) is 0. The summed E-state index contributed by atoms with van der Waals surface area (Å²) in [6, 6.07) is 10.9. The van der Waals surface area contributed by atoms with Crippen molar-refractivity contribution in [2.24, 2.45) is 0 Å². The van der Waals surface area contributed by atoms with Gasteiger partial charge in [0.15, 0.2) is 5.65 Å². The van der Waals surface area contributed by atoms with Crippen LogP contribution in [0.5, 0.6) is 0 Å². The standard InChI is InChI=1S/C15H8ClFN4O/c16-9-4-5-12-11(7-9)15(22)18-14-13(19-20-21(12)14)8-2-1-3-10(17)6-8/h1-7,20H. The van der Waals surface area contributed by atoms with Crippen LogP contribution < -0.4 is 5.56 Å². The molecule has 4 aromatic rings. The predicted octanol–water partition coefficient (Wildman–Crippen LogP) is 3.03. The first kappa shape index (κ1) is 13.0. The van der Waals surface area contributed by atoms with Crippen LogP contribution in [0.3, 0.4) is 0 Å². The molecule has 0 amide bonds. The van der Waals surface area contributed by atoms with Gasteiger partial charge in [0.1, 0.15) is 11.5 Å². The molecule has 2 heterocycles. The number of nitrogens with zero attached hydrogens (tertiary/aromatic N) is 3. The fourth-order valence-electron chi connectivity index (χ4n) is 2.43. The smallest absolute Gasteiger partial charge is 0.267 e. The third-order valence-electron chi connectivity index (χ3n) is 3.42. The number of rotatable bonds is 1. The molecule has 7 heteroatoms. The third-order valence-corrected chi connectivity index (χ3v) is 3.66. The Labute approximate surface area is 128 Å². The molecular weight excluding hydrogens is 307 g/mol. The molecule has 2 aromatic carbocycles. The second-order valence-corrected chi connectivity index (χ2v) is 5.24. The Balaban J connectivity index is 2.10.